The average molecular weight is 310 g/mol. The molecule has 0 aliphatic carbocycles. The molecular weight excluding hydrogens is 296 g/mol. The van der Waals surface area contributed by atoms with Crippen molar-refractivity contribution in [2.24, 2.45) is 0 Å². The van der Waals surface area contributed by atoms with Crippen LogP contribution in [0, 0.1) is 6.92 Å². The number of amides is 1. The van der Waals surface area contributed by atoms with E-state index in [1.807, 2.05) is 43.3 Å². The van der Waals surface area contributed by atoms with Crippen LogP contribution in [0.2, 0.25) is 0 Å². The Hall–Kier alpha value is -2.53. The van der Waals surface area contributed by atoms with Crippen molar-refractivity contribution in [1.29, 1.82) is 0 Å². The Labute approximate surface area is 132 Å². The third-order valence-corrected chi connectivity index (χ3v) is 4.50. The van der Waals surface area contributed by atoms with Gasteiger partial charge in [-0.2, -0.15) is 0 Å². The number of anilines is 1. The highest BCUT2D eigenvalue weighted by Crippen LogP contribution is 2.28. The highest BCUT2D eigenvalue weighted by atomic mass is 32.1. The second-order valence-electron chi connectivity index (χ2n) is 5.02. The van der Waals surface area contributed by atoms with Crippen LogP contribution in [0.3, 0.4) is 0 Å². The molecule has 22 heavy (non-hydrogen) atoms. The summed E-state index contributed by atoms with van der Waals surface area (Å²) in [5, 5.41) is 0.520. The molecule has 2 aromatic carbocycles. The lowest BCUT2D eigenvalue weighted by Crippen LogP contribution is -2.33. The number of para-hydroxylation sites is 1. The Morgan fingerprint density at radius 1 is 1.05 bits per heavy atom. The molecule has 0 saturated carbocycles. The van der Waals surface area contributed by atoms with E-state index in [4.69, 9.17) is 0 Å². The summed E-state index contributed by atoms with van der Waals surface area (Å²) >= 11 is 1.39. The molecule has 3 aromatic rings. The van der Waals surface area contributed by atoms with E-state index >= 15 is 0 Å². The molecule has 0 N–H and O–H groups in total. The highest BCUT2D eigenvalue weighted by Gasteiger charge is 2.23. The number of nitrogens with zero attached hydrogens (tertiary/aromatic N) is 2. The summed E-state index contributed by atoms with van der Waals surface area (Å²) in [7, 11) is 1.58. The third kappa shape index (κ3) is 2.63. The van der Waals surface area contributed by atoms with Crippen LogP contribution in [0.15, 0.2) is 48.5 Å². The topological polar surface area (TPSA) is 50.3 Å². The van der Waals surface area contributed by atoms with Gasteiger partial charge < -0.3 is 0 Å². The summed E-state index contributed by atoms with van der Waals surface area (Å²) in [6, 6.07) is 14.6. The number of thiazole rings is 1. The van der Waals surface area contributed by atoms with Crippen molar-refractivity contribution >= 4 is 38.4 Å². The normalized spacial score (nSPS) is 10.6. The number of aromatic nitrogens is 1. The average Bonchev–Trinajstić information content (AvgIpc) is 2.97. The molecule has 0 aliphatic heterocycles. The van der Waals surface area contributed by atoms with Crippen molar-refractivity contribution in [1.82, 2.24) is 4.98 Å². The molecule has 0 atom stereocenters. The number of likely N-dealkylation sites (N-methyl/N-ethyl adjacent to an activating group) is 1. The van der Waals surface area contributed by atoms with Crippen LogP contribution in [0.4, 0.5) is 5.13 Å². The number of rotatable bonds is 3. The van der Waals surface area contributed by atoms with Gasteiger partial charge >= 0.3 is 5.91 Å². The van der Waals surface area contributed by atoms with E-state index < -0.39 is 11.7 Å². The van der Waals surface area contributed by atoms with Crippen LogP contribution < -0.4 is 4.90 Å². The zero-order chi connectivity index (χ0) is 15.7. The lowest BCUT2D eigenvalue weighted by atomic mass is 10.1. The Bertz CT molecular complexity index is 819. The monoisotopic (exact) mass is 310 g/mol. The van der Waals surface area contributed by atoms with Crippen molar-refractivity contribution < 1.29 is 9.59 Å². The number of benzene rings is 2. The predicted molar refractivity (Wildman–Crippen MR) is 88.5 cm³/mol. The third-order valence-electron chi connectivity index (χ3n) is 3.38. The van der Waals surface area contributed by atoms with Gasteiger partial charge in [0.1, 0.15) is 0 Å². The molecule has 0 aliphatic rings. The van der Waals surface area contributed by atoms with Gasteiger partial charge in [0.05, 0.1) is 10.2 Å². The summed E-state index contributed by atoms with van der Waals surface area (Å²) in [4.78, 5) is 30.3. The second kappa shape index (κ2) is 5.69. The number of hydrogen-bond acceptors (Lipinski definition) is 4. The maximum atomic E-state index is 12.3. The Kier molecular flexibility index (Phi) is 3.73. The fourth-order valence-corrected chi connectivity index (χ4v) is 3.00. The minimum absolute atomic E-state index is 0.392. The van der Waals surface area contributed by atoms with Crippen LogP contribution >= 0.6 is 11.3 Å². The maximum Gasteiger partial charge on any atom is 0.300 e. The molecule has 1 amide bonds. The molecule has 1 aromatic heterocycles. The lowest BCUT2D eigenvalue weighted by Gasteiger charge is -2.12. The molecule has 110 valence electrons. The molecule has 0 bridgehead atoms. The minimum atomic E-state index is -0.581. The largest absolute Gasteiger partial charge is 0.300 e. The van der Waals surface area contributed by atoms with Gasteiger partial charge in [0.15, 0.2) is 5.13 Å². The molecule has 0 spiro atoms. The fourth-order valence-electron chi connectivity index (χ4n) is 2.07. The molecule has 0 fully saturated rings. The van der Waals surface area contributed by atoms with Crippen molar-refractivity contribution in [3.05, 3.63) is 59.7 Å². The molecule has 5 heteroatoms. The quantitative estimate of drug-likeness (QED) is 0.550. The Morgan fingerprint density at radius 3 is 2.41 bits per heavy atom. The van der Waals surface area contributed by atoms with E-state index in [0.717, 1.165) is 15.8 Å². The SMILES string of the molecule is Cc1ccc(C(=O)C(=O)N(C)c2nc3ccccc3s2)cc1. The van der Waals surface area contributed by atoms with Crippen molar-refractivity contribution in [3.63, 3.8) is 0 Å². The first-order chi connectivity index (χ1) is 10.6. The van der Waals surface area contributed by atoms with Gasteiger partial charge in [0.2, 0.25) is 0 Å². The fraction of sp³-hybridized carbons (Fsp3) is 0.118. The summed E-state index contributed by atoms with van der Waals surface area (Å²) in [5.41, 5.74) is 2.26. The van der Waals surface area contributed by atoms with Crippen LogP contribution in [0.5, 0.6) is 0 Å². The minimum Gasteiger partial charge on any atom is -0.284 e. The van der Waals surface area contributed by atoms with Crippen molar-refractivity contribution in [2.45, 2.75) is 6.92 Å². The van der Waals surface area contributed by atoms with Gasteiger partial charge in [-0.1, -0.05) is 53.3 Å². The zero-order valence-electron chi connectivity index (χ0n) is 12.2. The number of carbonyl (C=O) groups excluding carboxylic acids is 2. The van der Waals surface area contributed by atoms with Gasteiger partial charge in [-0.05, 0) is 19.1 Å². The number of ketones is 1. The van der Waals surface area contributed by atoms with E-state index in [-0.39, 0.29) is 0 Å². The van der Waals surface area contributed by atoms with E-state index in [1.54, 1.807) is 19.2 Å². The summed E-state index contributed by atoms with van der Waals surface area (Å²) in [6.07, 6.45) is 0. The lowest BCUT2D eigenvalue weighted by molar-refractivity contribution is -0.114. The van der Waals surface area contributed by atoms with Gasteiger partial charge in [0.25, 0.3) is 5.78 Å². The number of fused-ring (bicyclic) bond motifs is 1. The molecular formula is C17H14N2O2S. The first-order valence-electron chi connectivity index (χ1n) is 6.81. The number of Topliss-reactive ketones (excluding diaryl/α,β-unsaturated/α-hetero) is 1. The molecule has 0 radical (unpaired) electrons. The van der Waals surface area contributed by atoms with E-state index in [9.17, 15) is 9.59 Å². The summed E-state index contributed by atoms with van der Waals surface area (Å²) in [5.74, 6) is -1.11. The molecule has 0 saturated heterocycles. The van der Waals surface area contributed by atoms with Gasteiger partial charge in [-0.25, -0.2) is 4.98 Å². The molecule has 1 heterocycles. The highest BCUT2D eigenvalue weighted by molar-refractivity contribution is 7.22. The van der Waals surface area contributed by atoms with E-state index in [1.165, 1.54) is 16.2 Å². The molecule has 4 nitrogen and oxygen atoms in total. The van der Waals surface area contributed by atoms with Crippen LogP contribution in [0.1, 0.15) is 15.9 Å². The summed E-state index contributed by atoms with van der Waals surface area (Å²) < 4.78 is 0.986. The van der Waals surface area contributed by atoms with Crippen molar-refractivity contribution in [3.8, 4) is 0 Å². The number of aryl methyl sites for hydroxylation is 1. The zero-order valence-corrected chi connectivity index (χ0v) is 13.1. The number of hydrogen-bond donors (Lipinski definition) is 0. The second-order valence-corrected chi connectivity index (χ2v) is 6.03. The first kappa shape index (κ1) is 14.4. The van der Waals surface area contributed by atoms with E-state index in [0.29, 0.717) is 10.7 Å². The number of carbonyl (C=O) groups is 2. The smallest absolute Gasteiger partial charge is 0.284 e. The van der Waals surface area contributed by atoms with Crippen LogP contribution in [0.25, 0.3) is 10.2 Å². The van der Waals surface area contributed by atoms with Gasteiger partial charge in [0, 0.05) is 12.6 Å². The molecule has 0 unspecified atom stereocenters. The van der Waals surface area contributed by atoms with Gasteiger partial charge in [-0.15, -0.1) is 0 Å². The van der Waals surface area contributed by atoms with Crippen LogP contribution in [-0.2, 0) is 4.79 Å². The maximum absolute atomic E-state index is 12.3. The Morgan fingerprint density at radius 2 is 1.73 bits per heavy atom. The standard InChI is InChI=1S/C17H14N2O2S/c1-11-7-9-12(10-8-11)15(20)16(21)19(2)17-18-13-5-3-4-6-14(13)22-17/h3-10H,1-2H3. The van der Waals surface area contributed by atoms with E-state index in [2.05, 4.69) is 4.98 Å². The molecule has 3 rings (SSSR count). The predicted octanol–water partition coefficient (Wildman–Crippen LogP) is 3.45. The first-order valence-corrected chi connectivity index (χ1v) is 7.62. The summed E-state index contributed by atoms with van der Waals surface area (Å²) in [6.45, 7) is 1.93. The van der Waals surface area contributed by atoms with Gasteiger partial charge in [-0.3, -0.25) is 14.5 Å². The van der Waals surface area contributed by atoms with Crippen molar-refractivity contribution in [2.75, 3.05) is 11.9 Å². The van der Waals surface area contributed by atoms with Crippen LogP contribution in [-0.4, -0.2) is 23.7 Å². The Balaban J connectivity index is 1.87.